The Hall–Kier alpha value is -1.88. The van der Waals surface area contributed by atoms with Gasteiger partial charge in [0.15, 0.2) is 0 Å². The number of likely N-dealkylation sites (N-methyl/N-ethyl adjacent to an activating group) is 1. The van der Waals surface area contributed by atoms with Gasteiger partial charge in [0.05, 0.1) is 13.0 Å². The maximum atomic E-state index is 12.4. The van der Waals surface area contributed by atoms with Crippen LogP contribution in [-0.4, -0.2) is 48.1 Å². The van der Waals surface area contributed by atoms with Crippen molar-refractivity contribution in [1.82, 2.24) is 4.90 Å². The second-order valence-electron chi connectivity index (χ2n) is 4.94. The monoisotopic (exact) mass is 276 g/mol. The van der Waals surface area contributed by atoms with Gasteiger partial charge in [-0.25, -0.2) is 0 Å². The van der Waals surface area contributed by atoms with E-state index in [4.69, 9.17) is 5.11 Å². The van der Waals surface area contributed by atoms with E-state index in [-0.39, 0.29) is 18.9 Å². The van der Waals surface area contributed by atoms with Crippen molar-refractivity contribution in [1.29, 1.82) is 0 Å². The fraction of sp³-hybridized carbons (Fsp3) is 0.467. The molecule has 1 N–H and O–H groups in total. The summed E-state index contributed by atoms with van der Waals surface area (Å²) >= 11 is 0. The summed E-state index contributed by atoms with van der Waals surface area (Å²) in [6.45, 7) is 4.02. The van der Waals surface area contributed by atoms with Gasteiger partial charge in [-0.05, 0) is 24.6 Å². The van der Waals surface area contributed by atoms with Gasteiger partial charge in [0.1, 0.15) is 0 Å². The van der Waals surface area contributed by atoms with Crippen LogP contribution in [0.5, 0.6) is 0 Å². The van der Waals surface area contributed by atoms with Crippen molar-refractivity contribution in [3.63, 3.8) is 0 Å². The largest absolute Gasteiger partial charge is 0.481 e. The maximum Gasteiger partial charge on any atom is 0.304 e. The van der Waals surface area contributed by atoms with E-state index in [9.17, 15) is 9.59 Å². The number of fused-ring (bicyclic) bond motifs is 1. The Labute approximate surface area is 118 Å². The molecule has 108 valence electrons. The molecule has 0 saturated carbocycles. The quantitative estimate of drug-likeness (QED) is 0.852. The van der Waals surface area contributed by atoms with Gasteiger partial charge in [-0.3, -0.25) is 14.5 Å². The number of nitrogens with zero attached hydrogens (tertiary/aromatic N) is 2. The molecule has 0 aliphatic carbocycles. The topological polar surface area (TPSA) is 60.9 Å². The number of carbonyl (C=O) groups excluding carboxylic acids is 1. The zero-order valence-corrected chi connectivity index (χ0v) is 11.7. The van der Waals surface area contributed by atoms with Crippen molar-refractivity contribution in [2.24, 2.45) is 0 Å². The number of aliphatic carboxylic acids is 1. The van der Waals surface area contributed by atoms with Crippen LogP contribution in [0.25, 0.3) is 0 Å². The molecule has 2 rings (SSSR count). The molecule has 5 nitrogen and oxygen atoms in total. The summed E-state index contributed by atoms with van der Waals surface area (Å²) < 4.78 is 0. The van der Waals surface area contributed by atoms with Crippen molar-refractivity contribution in [2.45, 2.75) is 19.8 Å². The summed E-state index contributed by atoms with van der Waals surface area (Å²) in [6.07, 6.45) is 0.959. The molecule has 0 saturated heterocycles. The molecule has 5 heteroatoms. The van der Waals surface area contributed by atoms with E-state index in [0.29, 0.717) is 19.6 Å². The highest BCUT2D eigenvalue weighted by Crippen LogP contribution is 2.27. The smallest absolute Gasteiger partial charge is 0.304 e. The zero-order chi connectivity index (χ0) is 14.5. The number of hydrogen-bond donors (Lipinski definition) is 1. The van der Waals surface area contributed by atoms with Crippen LogP contribution in [0.3, 0.4) is 0 Å². The van der Waals surface area contributed by atoms with Crippen LogP contribution in [0.2, 0.25) is 0 Å². The highest BCUT2D eigenvalue weighted by atomic mass is 16.4. The Kier molecular flexibility index (Phi) is 4.74. The van der Waals surface area contributed by atoms with Gasteiger partial charge in [0.25, 0.3) is 0 Å². The SMILES string of the molecule is CCN(CCC(=O)O)CC(=O)N1CCc2ccccc21. The molecule has 1 aliphatic heterocycles. The van der Waals surface area contributed by atoms with Crippen LogP contribution in [0, 0.1) is 0 Å². The van der Waals surface area contributed by atoms with E-state index in [1.807, 2.05) is 36.1 Å². The molecule has 0 atom stereocenters. The molecular weight excluding hydrogens is 256 g/mol. The number of anilines is 1. The molecule has 1 aromatic rings. The number of hydrogen-bond acceptors (Lipinski definition) is 3. The van der Waals surface area contributed by atoms with Crippen molar-refractivity contribution in [3.8, 4) is 0 Å². The van der Waals surface area contributed by atoms with E-state index >= 15 is 0 Å². The number of para-hydroxylation sites is 1. The van der Waals surface area contributed by atoms with Crippen LogP contribution in [0.4, 0.5) is 5.69 Å². The number of rotatable bonds is 6. The Morgan fingerprint density at radius 3 is 2.80 bits per heavy atom. The van der Waals surface area contributed by atoms with Crippen molar-refractivity contribution in [3.05, 3.63) is 29.8 Å². The summed E-state index contributed by atoms with van der Waals surface area (Å²) in [5.41, 5.74) is 2.20. The van der Waals surface area contributed by atoms with Gasteiger partial charge < -0.3 is 10.0 Å². The Balaban J connectivity index is 1.96. The third-order valence-corrected chi connectivity index (χ3v) is 3.64. The number of benzene rings is 1. The van der Waals surface area contributed by atoms with E-state index in [0.717, 1.165) is 12.1 Å². The number of amides is 1. The van der Waals surface area contributed by atoms with E-state index in [1.54, 1.807) is 4.90 Å². The molecule has 0 aromatic heterocycles. The molecule has 1 aliphatic rings. The Bertz CT molecular complexity index is 502. The lowest BCUT2D eigenvalue weighted by Crippen LogP contribution is -2.40. The molecule has 1 aromatic carbocycles. The van der Waals surface area contributed by atoms with Gasteiger partial charge in [0.2, 0.25) is 5.91 Å². The third kappa shape index (κ3) is 3.36. The summed E-state index contributed by atoms with van der Waals surface area (Å²) in [5.74, 6) is -0.787. The fourth-order valence-corrected chi connectivity index (χ4v) is 2.48. The molecule has 0 spiro atoms. The average Bonchev–Trinajstić information content (AvgIpc) is 2.87. The predicted molar refractivity (Wildman–Crippen MR) is 76.9 cm³/mol. The average molecular weight is 276 g/mol. The number of carboxylic acid groups (broad SMARTS) is 1. The normalized spacial score (nSPS) is 13.6. The Morgan fingerprint density at radius 1 is 1.35 bits per heavy atom. The first-order valence-corrected chi connectivity index (χ1v) is 6.94. The predicted octanol–water partition coefficient (Wildman–Crippen LogP) is 1.37. The van der Waals surface area contributed by atoms with Crippen molar-refractivity contribution >= 4 is 17.6 Å². The van der Waals surface area contributed by atoms with Gasteiger partial charge in [-0.15, -0.1) is 0 Å². The summed E-state index contributed by atoms with van der Waals surface area (Å²) in [7, 11) is 0. The molecule has 1 heterocycles. The first-order chi connectivity index (χ1) is 9.61. The third-order valence-electron chi connectivity index (χ3n) is 3.64. The van der Waals surface area contributed by atoms with Crippen molar-refractivity contribution in [2.75, 3.05) is 31.1 Å². The molecule has 20 heavy (non-hydrogen) atoms. The lowest BCUT2D eigenvalue weighted by molar-refractivity contribution is -0.137. The lowest BCUT2D eigenvalue weighted by Gasteiger charge is -2.23. The molecule has 0 unspecified atom stereocenters. The zero-order valence-electron chi connectivity index (χ0n) is 11.7. The van der Waals surface area contributed by atoms with Crippen LogP contribution in [0.15, 0.2) is 24.3 Å². The maximum absolute atomic E-state index is 12.4. The molecule has 0 radical (unpaired) electrons. The van der Waals surface area contributed by atoms with Gasteiger partial charge in [-0.1, -0.05) is 25.1 Å². The minimum Gasteiger partial charge on any atom is -0.481 e. The van der Waals surface area contributed by atoms with Crippen LogP contribution in [0.1, 0.15) is 18.9 Å². The minimum absolute atomic E-state index is 0.0437. The van der Waals surface area contributed by atoms with Crippen LogP contribution < -0.4 is 4.90 Å². The van der Waals surface area contributed by atoms with Gasteiger partial charge >= 0.3 is 5.97 Å². The van der Waals surface area contributed by atoms with Gasteiger partial charge in [0, 0.05) is 18.8 Å². The highest BCUT2D eigenvalue weighted by molar-refractivity contribution is 5.96. The van der Waals surface area contributed by atoms with E-state index < -0.39 is 5.97 Å². The van der Waals surface area contributed by atoms with Crippen LogP contribution >= 0.6 is 0 Å². The van der Waals surface area contributed by atoms with E-state index in [2.05, 4.69) is 0 Å². The number of carbonyl (C=O) groups is 2. The van der Waals surface area contributed by atoms with Gasteiger partial charge in [-0.2, -0.15) is 0 Å². The summed E-state index contributed by atoms with van der Waals surface area (Å²) in [5, 5.41) is 8.71. The van der Waals surface area contributed by atoms with E-state index in [1.165, 1.54) is 5.56 Å². The second kappa shape index (κ2) is 6.52. The summed E-state index contributed by atoms with van der Waals surface area (Å²) in [6, 6.07) is 7.93. The van der Waals surface area contributed by atoms with Crippen LogP contribution in [-0.2, 0) is 16.0 Å². The number of carboxylic acids is 1. The highest BCUT2D eigenvalue weighted by Gasteiger charge is 2.25. The molecular formula is C15H20N2O3. The second-order valence-corrected chi connectivity index (χ2v) is 4.94. The van der Waals surface area contributed by atoms with Crippen molar-refractivity contribution < 1.29 is 14.7 Å². The fourth-order valence-electron chi connectivity index (χ4n) is 2.48. The molecule has 0 fully saturated rings. The summed E-state index contributed by atoms with van der Waals surface area (Å²) in [4.78, 5) is 26.6. The standard InChI is InChI=1S/C15H20N2O3/c1-2-16(9-8-15(19)20)11-14(18)17-10-7-12-5-3-4-6-13(12)17/h3-6H,2,7-11H2,1H3,(H,19,20). The molecule has 1 amide bonds. The Morgan fingerprint density at radius 2 is 2.10 bits per heavy atom. The first kappa shape index (κ1) is 14.5. The first-order valence-electron chi connectivity index (χ1n) is 6.94. The minimum atomic E-state index is -0.831. The molecule has 0 bridgehead atoms. The lowest BCUT2D eigenvalue weighted by atomic mass is 10.2.